The van der Waals surface area contributed by atoms with E-state index in [2.05, 4.69) is 25.2 Å². The highest BCUT2D eigenvalue weighted by Crippen LogP contribution is 2.23. The van der Waals surface area contributed by atoms with Crippen LogP contribution >= 0.6 is 34.7 Å². The molecular weight excluding hydrogens is 258 g/mol. The van der Waals surface area contributed by atoms with Gasteiger partial charge in [-0.3, -0.25) is 0 Å². The molecule has 0 amide bonds. The van der Waals surface area contributed by atoms with Gasteiger partial charge in [-0.2, -0.15) is 11.8 Å². The number of hydrogen-bond acceptors (Lipinski definition) is 3. The first-order chi connectivity index (χ1) is 7.76. The van der Waals surface area contributed by atoms with Gasteiger partial charge in [0.2, 0.25) is 0 Å². The third-order valence-electron chi connectivity index (χ3n) is 2.28. The van der Waals surface area contributed by atoms with Crippen molar-refractivity contribution in [2.75, 3.05) is 18.1 Å². The minimum absolute atomic E-state index is 0.583. The molecular formula is C12H20ClNS2. The number of nitrogens with one attached hydrogen (secondary N) is 1. The summed E-state index contributed by atoms with van der Waals surface area (Å²) in [4.78, 5) is 1.38. The van der Waals surface area contributed by atoms with E-state index in [1.807, 2.05) is 17.8 Å². The van der Waals surface area contributed by atoms with E-state index in [4.69, 9.17) is 11.6 Å². The lowest BCUT2D eigenvalue weighted by molar-refractivity contribution is 0.553. The van der Waals surface area contributed by atoms with Gasteiger partial charge in [0.25, 0.3) is 0 Å². The van der Waals surface area contributed by atoms with Crippen molar-refractivity contribution in [2.45, 2.75) is 32.7 Å². The van der Waals surface area contributed by atoms with Crippen LogP contribution in [0.25, 0.3) is 0 Å². The number of rotatable bonds is 8. The Morgan fingerprint density at radius 2 is 2.25 bits per heavy atom. The molecule has 1 aromatic heterocycles. The highest BCUT2D eigenvalue weighted by Gasteiger charge is 2.10. The topological polar surface area (TPSA) is 12.0 Å². The molecule has 1 nitrogen and oxygen atoms in total. The van der Waals surface area contributed by atoms with Gasteiger partial charge in [-0.1, -0.05) is 25.4 Å². The Bertz CT molecular complexity index is 280. The van der Waals surface area contributed by atoms with E-state index in [0.29, 0.717) is 6.04 Å². The molecule has 1 aromatic rings. The lowest BCUT2D eigenvalue weighted by atomic mass is 10.2. The first kappa shape index (κ1) is 14.4. The second-order valence-corrected chi connectivity index (χ2v) is 6.84. The fourth-order valence-electron chi connectivity index (χ4n) is 1.50. The highest BCUT2D eigenvalue weighted by molar-refractivity contribution is 7.99. The van der Waals surface area contributed by atoms with Crippen molar-refractivity contribution in [3.63, 3.8) is 0 Å². The van der Waals surface area contributed by atoms with Gasteiger partial charge in [0.05, 0.1) is 4.34 Å². The lowest BCUT2D eigenvalue weighted by Gasteiger charge is -2.17. The van der Waals surface area contributed by atoms with Gasteiger partial charge in [-0.25, -0.2) is 0 Å². The number of thioether (sulfide) groups is 1. The summed E-state index contributed by atoms with van der Waals surface area (Å²) < 4.78 is 0.896. The van der Waals surface area contributed by atoms with Gasteiger partial charge in [0, 0.05) is 16.7 Å². The molecule has 0 aliphatic heterocycles. The molecule has 1 unspecified atom stereocenters. The van der Waals surface area contributed by atoms with Crippen molar-refractivity contribution in [2.24, 2.45) is 0 Å². The second-order valence-electron chi connectivity index (χ2n) is 3.72. The molecule has 0 spiro atoms. The molecule has 0 aliphatic carbocycles. The van der Waals surface area contributed by atoms with Crippen molar-refractivity contribution in [1.82, 2.24) is 5.32 Å². The summed E-state index contributed by atoms with van der Waals surface area (Å²) in [5.41, 5.74) is 0. The molecule has 0 bridgehead atoms. The predicted molar refractivity (Wildman–Crippen MR) is 78.1 cm³/mol. The summed E-state index contributed by atoms with van der Waals surface area (Å²) in [5, 5.41) is 3.60. The maximum absolute atomic E-state index is 5.95. The SMILES string of the molecule is CCCNC(CSCC)Cc1ccc(Cl)s1. The Kier molecular flexibility index (Phi) is 7.54. The normalized spacial score (nSPS) is 12.9. The smallest absolute Gasteiger partial charge is 0.0931 e. The lowest BCUT2D eigenvalue weighted by Crippen LogP contribution is -2.33. The third kappa shape index (κ3) is 5.58. The van der Waals surface area contributed by atoms with Gasteiger partial charge < -0.3 is 5.32 Å². The van der Waals surface area contributed by atoms with Crippen molar-refractivity contribution in [3.05, 3.63) is 21.3 Å². The van der Waals surface area contributed by atoms with E-state index in [1.54, 1.807) is 11.3 Å². The van der Waals surface area contributed by atoms with Crippen molar-refractivity contribution >= 4 is 34.7 Å². The van der Waals surface area contributed by atoms with Gasteiger partial charge in [0.15, 0.2) is 0 Å². The minimum Gasteiger partial charge on any atom is -0.313 e. The van der Waals surface area contributed by atoms with Crippen LogP contribution in [0.15, 0.2) is 12.1 Å². The van der Waals surface area contributed by atoms with Crippen molar-refractivity contribution in [3.8, 4) is 0 Å². The summed E-state index contributed by atoms with van der Waals surface area (Å²) in [7, 11) is 0. The first-order valence-corrected chi connectivity index (χ1v) is 8.16. The third-order valence-corrected chi connectivity index (χ3v) is 4.58. The Balaban J connectivity index is 2.41. The standard InChI is InChI=1S/C12H20ClNS2/c1-3-7-14-10(9-15-4-2)8-11-5-6-12(13)16-11/h5-6,10,14H,3-4,7-9H2,1-2H3. The summed E-state index contributed by atoms with van der Waals surface area (Å²) in [5.74, 6) is 2.38. The van der Waals surface area contributed by atoms with Crippen LogP contribution in [-0.2, 0) is 6.42 Å². The molecule has 16 heavy (non-hydrogen) atoms. The van der Waals surface area contributed by atoms with Crippen LogP contribution in [-0.4, -0.2) is 24.1 Å². The molecule has 1 rings (SSSR count). The monoisotopic (exact) mass is 277 g/mol. The summed E-state index contributed by atoms with van der Waals surface area (Å²) in [6.07, 6.45) is 2.29. The average Bonchev–Trinajstić information content (AvgIpc) is 2.68. The highest BCUT2D eigenvalue weighted by atomic mass is 35.5. The molecule has 0 radical (unpaired) electrons. The fourth-order valence-corrected chi connectivity index (χ4v) is 3.43. The van der Waals surface area contributed by atoms with Gasteiger partial charge in [-0.05, 0) is 37.3 Å². The predicted octanol–water partition coefficient (Wildman–Crippen LogP) is 4.07. The maximum atomic E-state index is 5.95. The molecule has 0 saturated carbocycles. The van der Waals surface area contributed by atoms with E-state index < -0.39 is 0 Å². The Morgan fingerprint density at radius 3 is 2.81 bits per heavy atom. The molecule has 0 saturated heterocycles. The van der Waals surface area contributed by atoms with E-state index in [9.17, 15) is 0 Å². The van der Waals surface area contributed by atoms with Crippen LogP contribution in [0.2, 0.25) is 4.34 Å². The van der Waals surface area contributed by atoms with Crippen LogP contribution < -0.4 is 5.32 Å². The van der Waals surface area contributed by atoms with Gasteiger partial charge in [0.1, 0.15) is 0 Å². The summed E-state index contributed by atoms with van der Waals surface area (Å²) in [6, 6.07) is 4.72. The Hall–Kier alpha value is 0.300. The zero-order valence-corrected chi connectivity index (χ0v) is 12.4. The van der Waals surface area contributed by atoms with E-state index in [0.717, 1.165) is 17.3 Å². The number of hydrogen-bond donors (Lipinski definition) is 1. The zero-order chi connectivity index (χ0) is 11.8. The van der Waals surface area contributed by atoms with Gasteiger partial charge in [-0.15, -0.1) is 11.3 Å². The Morgan fingerprint density at radius 1 is 1.44 bits per heavy atom. The zero-order valence-electron chi connectivity index (χ0n) is 9.96. The molecule has 92 valence electrons. The maximum Gasteiger partial charge on any atom is 0.0931 e. The number of halogens is 1. The molecule has 1 N–H and O–H groups in total. The van der Waals surface area contributed by atoms with Crippen molar-refractivity contribution < 1.29 is 0 Å². The Labute approximate surface area is 112 Å². The van der Waals surface area contributed by atoms with E-state index in [1.165, 1.54) is 22.8 Å². The summed E-state index contributed by atoms with van der Waals surface area (Å²) in [6.45, 7) is 5.52. The molecule has 0 aromatic carbocycles. The van der Waals surface area contributed by atoms with E-state index in [-0.39, 0.29) is 0 Å². The largest absolute Gasteiger partial charge is 0.313 e. The molecule has 0 fully saturated rings. The summed E-state index contributed by atoms with van der Waals surface area (Å²) >= 11 is 9.65. The minimum atomic E-state index is 0.583. The molecule has 1 heterocycles. The fraction of sp³-hybridized carbons (Fsp3) is 0.667. The quantitative estimate of drug-likeness (QED) is 0.769. The first-order valence-electron chi connectivity index (χ1n) is 5.81. The van der Waals surface area contributed by atoms with Crippen LogP contribution in [0.1, 0.15) is 25.1 Å². The molecule has 4 heteroatoms. The number of thiophene rings is 1. The second kappa shape index (κ2) is 8.40. The van der Waals surface area contributed by atoms with E-state index >= 15 is 0 Å². The van der Waals surface area contributed by atoms with Gasteiger partial charge >= 0.3 is 0 Å². The van der Waals surface area contributed by atoms with Crippen LogP contribution in [0.3, 0.4) is 0 Å². The molecule has 0 aliphatic rings. The van der Waals surface area contributed by atoms with Crippen LogP contribution in [0, 0.1) is 0 Å². The van der Waals surface area contributed by atoms with Crippen LogP contribution in [0.4, 0.5) is 0 Å². The van der Waals surface area contributed by atoms with Crippen LogP contribution in [0.5, 0.6) is 0 Å². The molecule has 1 atom stereocenters. The average molecular weight is 278 g/mol. The van der Waals surface area contributed by atoms with Crippen molar-refractivity contribution in [1.29, 1.82) is 0 Å².